The molecule has 0 aliphatic heterocycles. The molecule has 0 aliphatic carbocycles. The zero-order valence-electron chi connectivity index (χ0n) is 12.7. The summed E-state index contributed by atoms with van der Waals surface area (Å²) in [5.74, 6) is -20.6. The van der Waals surface area contributed by atoms with Crippen LogP contribution in [-0.2, 0) is 10.1 Å². The van der Waals surface area contributed by atoms with Gasteiger partial charge in [-0.1, -0.05) is 0 Å². The van der Waals surface area contributed by atoms with Crippen molar-refractivity contribution in [1.29, 1.82) is 0 Å². The largest absolute Gasteiger partial charge is 0.741 e. The van der Waals surface area contributed by atoms with Gasteiger partial charge in [-0.3, -0.25) is 0 Å². The third-order valence-corrected chi connectivity index (χ3v) is 5.77. The maximum absolute atomic E-state index is 13.1. The molecule has 0 aromatic heterocycles. The Balaban J connectivity index is 0.000000890. The average molecular weight is 612 g/mol. The van der Waals surface area contributed by atoms with E-state index in [2.05, 4.69) is 0 Å². The Morgan fingerprint density at radius 1 is 0.633 bits per heavy atom. The Morgan fingerprint density at radius 3 is 1.13 bits per heavy atom. The molecule has 0 unspecified atom stereocenters. The van der Waals surface area contributed by atoms with Crippen molar-refractivity contribution in [2.24, 2.45) is 0 Å². The highest BCUT2D eigenvalue weighted by atomic mass is 127. The van der Waals surface area contributed by atoms with E-state index in [9.17, 15) is 65.9 Å². The van der Waals surface area contributed by atoms with Gasteiger partial charge in [-0.2, -0.15) is 43.9 Å². The van der Waals surface area contributed by atoms with Crippen molar-refractivity contribution in [1.82, 2.24) is 0 Å². The van der Waals surface area contributed by atoms with E-state index in [1.807, 2.05) is 0 Å². The molecular weight excluding hydrogens is 612 g/mol. The molecule has 0 amide bonds. The minimum absolute atomic E-state index is 2.37. The van der Waals surface area contributed by atoms with Gasteiger partial charge >= 0.3 is 42.7 Å². The summed E-state index contributed by atoms with van der Waals surface area (Å²) in [6, 6.07) is 0. The van der Waals surface area contributed by atoms with Gasteiger partial charge in [0.1, 0.15) is 0 Å². The molecule has 0 saturated carbocycles. The number of alkyl halides is 11. The van der Waals surface area contributed by atoms with Crippen LogP contribution in [-0.4, -0.2) is 34.5 Å². The second-order valence-corrected chi connectivity index (χ2v) is 8.79. The van der Waals surface area contributed by atoms with E-state index in [1.165, 1.54) is 0 Å². The fourth-order valence-corrected chi connectivity index (χ4v) is 3.27. The smallest absolute Gasteiger partial charge is 0.520 e. The summed E-state index contributed by atoms with van der Waals surface area (Å²) < 4.78 is 201. The predicted octanol–water partition coefficient (Wildman–Crippen LogP) is 1.48. The van der Waals surface area contributed by atoms with Gasteiger partial charge in [-0.05, 0) is 0 Å². The highest BCUT2D eigenvalue weighted by molar-refractivity contribution is 7.86. The minimum atomic E-state index is -6.78. The third kappa shape index (κ3) is 5.95. The van der Waals surface area contributed by atoms with Crippen molar-refractivity contribution in [3.05, 3.63) is 32.7 Å². The molecule has 0 fully saturated rings. The predicted molar refractivity (Wildman–Crippen MR) is 56.6 cm³/mol. The molecule has 0 radical (unpaired) electrons. The molecule has 0 N–H and O–H groups in total. The summed E-state index contributed by atoms with van der Waals surface area (Å²) in [4.78, 5) is 0. The second-order valence-electron chi connectivity index (χ2n) is 4.45. The van der Waals surface area contributed by atoms with Crippen molar-refractivity contribution in [2.75, 3.05) is 0 Å². The van der Waals surface area contributed by atoms with Crippen molar-refractivity contribution in [3.8, 4) is 0 Å². The van der Waals surface area contributed by atoms with Crippen molar-refractivity contribution in [2.45, 2.75) is 21.5 Å². The van der Waals surface area contributed by atoms with E-state index in [0.29, 0.717) is 0 Å². The van der Waals surface area contributed by atoms with Crippen LogP contribution < -0.4 is 21.2 Å². The maximum Gasteiger partial charge on any atom is 0.520 e. The first-order chi connectivity index (χ1) is 12.9. The van der Waals surface area contributed by atoms with Gasteiger partial charge in [0.05, 0.1) is 0 Å². The fourth-order valence-electron chi connectivity index (χ4n) is 1.000. The molecule has 1 aromatic rings. The molecule has 0 spiro atoms. The van der Waals surface area contributed by atoms with Crippen LogP contribution in [0.15, 0.2) is 0 Å². The Bertz CT molecular complexity index is 860. The average Bonchev–Trinajstić information content (AvgIpc) is 2.52. The summed E-state index contributed by atoms with van der Waals surface area (Å²) in [6.45, 7) is 0. The van der Waals surface area contributed by atoms with E-state index >= 15 is 0 Å². The minimum Gasteiger partial charge on any atom is -0.741 e. The summed E-state index contributed by atoms with van der Waals surface area (Å²) in [5.41, 5.74) is -5.65. The number of hydrogen-bond acceptors (Lipinski definition) is 3. The van der Waals surface area contributed by atoms with E-state index in [0.717, 1.165) is 0 Å². The van der Waals surface area contributed by atoms with Gasteiger partial charge in [-0.25, -0.2) is 21.6 Å². The molecule has 0 saturated heterocycles. The highest BCUT2D eigenvalue weighted by Crippen LogP contribution is 2.42. The van der Waals surface area contributed by atoms with Crippen LogP contribution >= 0.6 is 0 Å². The number of rotatable bonds is 3. The molecule has 0 heterocycles. The van der Waals surface area contributed by atoms with E-state index < -0.39 is 85.5 Å². The quantitative estimate of drug-likeness (QED) is 0.0990. The van der Waals surface area contributed by atoms with Gasteiger partial charge in [0.2, 0.25) is 29.1 Å². The van der Waals surface area contributed by atoms with Gasteiger partial charge in [0, 0.05) is 0 Å². The lowest BCUT2D eigenvalue weighted by atomic mass is 10.3. The Morgan fingerprint density at radius 2 is 0.900 bits per heavy atom. The monoisotopic (exact) mass is 612 g/mol. The van der Waals surface area contributed by atoms with Gasteiger partial charge < -0.3 is 4.55 Å². The van der Waals surface area contributed by atoms with Crippen molar-refractivity contribution < 1.29 is 100 Å². The highest BCUT2D eigenvalue weighted by Gasteiger charge is 2.81. The number of halogens is 16. The van der Waals surface area contributed by atoms with Crippen molar-refractivity contribution >= 4 is 10.1 Å². The molecule has 1 aromatic carbocycles. The Kier molecular flexibility index (Phi) is 8.40. The van der Waals surface area contributed by atoms with Crippen LogP contribution in [0, 0.1) is 32.7 Å². The first-order valence-electron chi connectivity index (χ1n) is 5.92. The SMILES string of the molecule is Fc1c(F)c(F)c([I+]C(F)(F)C(F)(F)C(F)(F)F)c(F)c1F.O=S(=O)([O-])C(F)(F)F. The zero-order chi connectivity index (χ0) is 24.7. The summed E-state index contributed by atoms with van der Waals surface area (Å²) in [6.07, 6.45) is -6.78. The van der Waals surface area contributed by atoms with Crippen LogP contribution in [0.3, 0.4) is 0 Å². The Hall–Kier alpha value is -1.19. The van der Waals surface area contributed by atoms with E-state index in [1.54, 1.807) is 0 Å². The molecule has 0 bridgehead atoms. The molecule has 0 aliphatic rings. The van der Waals surface area contributed by atoms with Gasteiger partial charge in [0.25, 0.3) is 3.57 Å². The van der Waals surface area contributed by atoms with E-state index in [-0.39, 0.29) is 0 Å². The molecule has 0 atom stereocenters. The summed E-state index contributed by atoms with van der Waals surface area (Å²) in [7, 11) is -6.09. The fraction of sp³-hybridized carbons (Fsp3) is 0.400. The molecular formula is C10F15IO3S. The molecule has 176 valence electrons. The standard InChI is InChI=1S/C9F12I.CHF3O3S/c10-1-2(11)4(13)6(5(14)3(1)12)22-9(20,21)7(15,16)8(17,18)19;2-1(3,4)8(5,6)7/h;(H,5,6,7)/q+1;/p-1. The van der Waals surface area contributed by atoms with E-state index in [4.69, 9.17) is 13.0 Å². The second kappa shape index (κ2) is 8.74. The normalized spacial score (nSPS) is 13.7. The Labute approximate surface area is 164 Å². The number of hydrogen-bond donors (Lipinski definition) is 0. The topological polar surface area (TPSA) is 57.2 Å². The molecule has 20 heteroatoms. The first kappa shape index (κ1) is 28.8. The van der Waals surface area contributed by atoms with Crippen LogP contribution in [0.1, 0.15) is 0 Å². The lowest BCUT2D eigenvalue weighted by molar-refractivity contribution is -0.794. The molecule has 3 nitrogen and oxygen atoms in total. The summed E-state index contributed by atoms with van der Waals surface area (Å²) >= 11 is -4.27. The lowest BCUT2D eigenvalue weighted by Gasteiger charge is -2.20. The molecule has 30 heavy (non-hydrogen) atoms. The van der Waals surface area contributed by atoms with Crippen LogP contribution in [0.4, 0.5) is 65.9 Å². The maximum atomic E-state index is 13.1. The number of benzene rings is 1. The van der Waals surface area contributed by atoms with Crippen LogP contribution in [0.5, 0.6) is 0 Å². The lowest BCUT2D eigenvalue weighted by Crippen LogP contribution is -3.68. The van der Waals surface area contributed by atoms with Crippen LogP contribution in [0.2, 0.25) is 0 Å². The zero-order valence-corrected chi connectivity index (χ0v) is 15.7. The first-order valence-corrected chi connectivity index (χ1v) is 9.48. The van der Waals surface area contributed by atoms with Gasteiger partial charge in [-0.15, -0.1) is 8.78 Å². The van der Waals surface area contributed by atoms with Gasteiger partial charge in [0.15, 0.2) is 10.1 Å². The van der Waals surface area contributed by atoms with Crippen molar-refractivity contribution in [3.63, 3.8) is 0 Å². The molecule has 1 rings (SSSR count). The third-order valence-electron chi connectivity index (χ3n) is 2.36. The summed E-state index contributed by atoms with van der Waals surface area (Å²) in [5, 5.41) is 0. The van der Waals surface area contributed by atoms with Crippen LogP contribution in [0.25, 0.3) is 0 Å².